The van der Waals surface area contributed by atoms with Crippen LogP contribution in [0.5, 0.6) is 0 Å². The first-order valence-electron chi connectivity index (χ1n) is 11.1. The van der Waals surface area contributed by atoms with Crippen LogP contribution in [0.3, 0.4) is 0 Å². The van der Waals surface area contributed by atoms with Crippen LogP contribution in [0.4, 0.5) is 5.82 Å². The zero-order valence-corrected chi connectivity index (χ0v) is 19.3. The van der Waals surface area contributed by atoms with E-state index in [9.17, 15) is 9.59 Å². The van der Waals surface area contributed by atoms with Gasteiger partial charge in [-0.2, -0.15) is 0 Å². The van der Waals surface area contributed by atoms with E-state index < -0.39 is 0 Å². The van der Waals surface area contributed by atoms with Crippen LogP contribution in [0.25, 0.3) is 11.7 Å². The average molecular weight is 455 g/mol. The molecule has 0 atom stereocenters. The van der Waals surface area contributed by atoms with Gasteiger partial charge in [0.15, 0.2) is 0 Å². The SMILES string of the molecule is Cc1ccc2nc(N3CCCC3)c(C=C3SC(=S)N(C4CCCCC4)C3=O)c(=O)n2c1. The Morgan fingerprint density at radius 2 is 1.84 bits per heavy atom. The Morgan fingerprint density at radius 1 is 1.10 bits per heavy atom. The number of rotatable bonds is 3. The molecule has 6 nitrogen and oxygen atoms in total. The number of aryl methyl sites for hydroxylation is 1. The fraction of sp³-hybridized carbons (Fsp3) is 0.478. The highest BCUT2D eigenvalue weighted by molar-refractivity contribution is 8.26. The lowest BCUT2D eigenvalue weighted by Crippen LogP contribution is -2.39. The Kier molecular flexibility index (Phi) is 5.60. The molecule has 4 heterocycles. The summed E-state index contributed by atoms with van der Waals surface area (Å²) >= 11 is 6.89. The van der Waals surface area contributed by atoms with Crippen LogP contribution in [0.1, 0.15) is 56.1 Å². The molecule has 2 saturated heterocycles. The summed E-state index contributed by atoms with van der Waals surface area (Å²) in [4.78, 5) is 36.1. The van der Waals surface area contributed by atoms with Crippen molar-refractivity contribution in [1.29, 1.82) is 0 Å². The van der Waals surface area contributed by atoms with E-state index in [2.05, 4.69) is 4.90 Å². The lowest BCUT2D eigenvalue weighted by Gasteiger charge is -2.29. The number of thiocarbonyl (C=S) groups is 1. The molecule has 0 aromatic carbocycles. The van der Waals surface area contributed by atoms with Gasteiger partial charge in [0, 0.05) is 25.3 Å². The number of carbonyl (C=O) groups excluding carboxylic acids is 1. The first kappa shape index (κ1) is 20.7. The van der Waals surface area contributed by atoms with Crippen LogP contribution in [0, 0.1) is 6.92 Å². The standard InChI is InChI=1S/C23H26N4O2S2/c1-15-9-10-19-24-20(25-11-5-6-12-25)17(21(28)26(19)14-15)13-18-22(29)27(23(30)31-18)16-7-3-2-4-8-16/h9-10,13-14,16H,2-8,11-12H2,1H3. The summed E-state index contributed by atoms with van der Waals surface area (Å²) in [6, 6.07) is 4.02. The van der Waals surface area contributed by atoms with E-state index in [1.807, 2.05) is 25.3 Å². The van der Waals surface area contributed by atoms with Gasteiger partial charge in [-0.05, 0) is 50.3 Å². The summed E-state index contributed by atoms with van der Waals surface area (Å²) in [7, 11) is 0. The van der Waals surface area contributed by atoms with E-state index in [-0.39, 0.29) is 17.5 Å². The van der Waals surface area contributed by atoms with Gasteiger partial charge in [-0.1, -0.05) is 49.3 Å². The molecule has 0 radical (unpaired) electrons. The molecule has 0 unspecified atom stereocenters. The Bertz CT molecular complexity index is 1140. The molecule has 1 aliphatic carbocycles. The van der Waals surface area contributed by atoms with Gasteiger partial charge < -0.3 is 4.90 Å². The van der Waals surface area contributed by atoms with Crippen LogP contribution < -0.4 is 10.5 Å². The van der Waals surface area contributed by atoms with Crippen molar-refractivity contribution in [2.45, 2.75) is 57.9 Å². The van der Waals surface area contributed by atoms with Gasteiger partial charge in [-0.25, -0.2) is 4.98 Å². The third-order valence-corrected chi connectivity index (χ3v) is 7.76. The van der Waals surface area contributed by atoms with E-state index in [4.69, 9.17) is 17.2 Å². The first-order valence-corrected chi connectivity index (χ1v) is 12.3. The topological polar surface area (TPSA) is 57.9 Å². The van der Waals surface area contributed by atoms with Crippen LogP contribution in [-0.2, 0) is 4.79 Å². The number of amides is 1. The Morgan fingerprint density at radius 3 is 2.58 bits per heavy atom. The summed E-state index contributed by atoms with van der Waals surface area (Å²) in [6.45, 7) is 3.70. The molecular weight excluding hydrogens is 428 g/mol. The van der Waals surface area contributed by atoms with E-state index in [1.165, 1.54) is 18.2 Å². The maximum atomic E-state index is 13.5. The zero-order valence-electron chi connectivity index (χ0n) is 17.7. The van der Waals surface area contributed by atoms with Gasteiger partial charge >= 0.3 is 0 Å². The Hall–Kier alpha value is -2.19. The van der Waals surface area contributed by atoms with Crippen molar-refractivity contribution < 1.29 is 4.79 Å². The molecule has 2 aromatic rings. The maximum Gasteiger partial charge on any atom is 0.267 e. The quantitative estimate of drug-likeness (QED) is 0.513. The van der Waals surface area contributed by atoms with Gasteiger partial charge in [0.2, 0.25) is 0 Å². The van der Waals surface area contributed by atoms with E-state index in [0.29, 0.717) is 26.3 Å². The number of thioether (sulfide) groups is 1. The number of anilines is 1. The van der Waals surface area contributed by atoms with Crippen LogP contribution in [0.2, 0.25) is 0 Å². The highest BCUT2D eigenvalue weighted by Gasteiger charge is 2.38. The van der Waals surface area contributed by atoms with Gasteiger partial charge in [-0.3, -0.25) is 18.9 Å². The molecule has 2 aliphatic heterocycles. The number of nitrogens with zero attached hydrogens (tertiary/aromatic N) is 4. The number of aromatic nitrogens is 2. The minimum atomic E-state index is -0.140. The third kappa shape index (κ3) is 3.80. The highest BCUT2D eigenvalue weighted by Crippen LogP contribution is 2.38. The molecule has 1 saturated carbocycles. The van der Waals surface area contributed by atoms with E-state index in [1.54, 1.807) is 15.4 Å². The predicted molar refractivity (Wildman–Crippen MR) is 130 cm³/mol. The van der Waals surface area contributed by atoms with Crippen molar-refractivity contribution in [3.05, 3.63) is 44.7 Å². The van der Waals surface area contributed by atoms with Gasteiger partial charge in [-0.15, -0.1) is 0 Å². The zero-order chi connectivity index (χ0) is 21.5. The van der Waals surface area contributed by atoms with E-state index >= 15 is 0 Å². The second-order valence-electron chi connectivity index (χ2n) is 8.63. The molecule has 3 fully saturated rings. The van der Waals surface area contributed by atoms with E-state index in [0.717, 1.165) is 57.2 Å². The number of pyridine rings is 1. The third-order valence-electron chi connectivity index (χ3n) is 6.43. The molecule has 8 heteroatoms. The van der Waals surface area contributed by atoms with Gasteiger partial charge in [0.1, 0.15) is 15.8 Å². The summed E-state index contributed by atoms with van der Waals surface area (Å²) < 4.78 is 2.19. The fourth-order valence-corrected chi connectivity index (χ4v) is 6.19. The Labute approximate surface area is 191 Å². The Balaban J connectivity index is 1.60. The summed E-state index contributed by atoms with van der Waals surface area (Å²) in [5.74, 6) is 0.609. The monoisotopic (exact) mass is 454 g/mol. The van der Waals surface area contributed by atoms with Crippen molar-refractivity contribution in [2.75, 3.05) is 18.0 Å². The largest absolute Gasteiger partial charge is 0.356 e. The first-order chi connectivity index (χ1) is 15.0. The lowest BCUT2D eigenvalue weighted by molar-refractivity contribution is -0.124. The molecule has 1 amide bonds. The molecule has 0 N–H and O–H groups in total. The van der Waals surface area contributed by atoms with Crippen molar-refractivity contribution in [1.82, 2.24) is 14.3 Å². The number of carbonyl (C=O) groups is 1. The van der Waals surface area contributed by atoms with Crippen LogP contribution in [-0.4, -0.2) is 43.6 Å². The van der Waals surface area contributed by atoms with Gasteiger partial charge in [0.05, 0.1) is 10.5 Å². The summed E-state index contributed by atoms with van der Waals surface area (Å²) in [5.41, 5.74) is 1.96. The minimum absolute atomic E-state index is 0.0667. The molecular formula is C23H26N4O2S2. The van der Waals surface area contributed by atoms with Crippen molar-refractivity contribution >= 4 is 51.7 Å². The fourth-order valence-electron chi connectivity index (χ4n) is 4.81. The maximum absolute atomic E-state index is 13.5. The smallest absolute Gasteiger partial charge is 0.267 e. The van der Waals surface area contributed by atoms with Crippen LogP contribution in [0.15, 0.2) is 28.0 Å². The van der Waals surface area contributed by atoms with Crippen molar-refractivity contribution in [3.63, 3.8) is 0 Å². The predicted octanol–water partition coefficient (Wildman–Crippen LogP) is 4.14. The molecule has 3 aliphatic rings. The number of hydrogen-bond donors (Lipinski definition) is 0. The van der Waals surface area contributed by atoms with Gasteiger partial charge in [0.25, 0.3) is 11.5 Å². The molecule has 0 bridgehead atoms. The molecule has 0 spiro atoms. The minimum Gasteiger partial charge on any atom is -0.356 e. The van der Waals surface area contributed by atoms with Crippen molar-refractivity contribution in [2.24, 2.45) is 0 Å². The number of fused-ring (bicyclic) bond motifs is 1. The van der Waals surface area contributed by atoms with Crippen molar-refractivity contribution in [3.8, 4) is 0 Å². The summed E-state index contributed by atoms with van der Waals surface area (Å²) in [5, 5.41) is 0. The molecule has 31 heavy (non-hydrogen) atoms. The normalized spacial score (nSPS) is 21.8. The molecule has 162 valence electrons. The lowest BCUT2D eigenvalue weighted by atomic mass is 9.94. The average Bonchev–Trinajstić information content (AvgIpc) is 3.39. The molecule has 2 aromatic heterocycles. The highest BCUT2D eigenvalue weighted by atomic mass is 32.2. The number of hydrogen-bond acceptors (Lipinski definition) is 6. The molecule has 5 rings (SSSR count). The second kappa shape index (κ2) is 8.39. The van der Waals surface area contributed by atoms with Crippen LogP contribution >= 0.6 is 24.0 Å². The second-order valence-corrected chi connectivity index (χ2v) is 10.3. The summed E-state index contributed by atoms with van der Waals surface area (Å²) in [6.07, 6.45) is 11.2.